The Hall–Kier alpha value is -0.340. The Morgan fingerprint density at radius 3 is 2.21 bits per heavy atom. The van der Waals surface area contributed by atoms with E-state index in [0.717, 1.165) is 13.0 Å². The molecule has 0 radical (unpaired) electrons. The predicted octanol–water partition coefficient (Wildman–Crippen LogP) is 3.98. The Morgan fingerprint density at radius 1 is 1.21 bits per heavy atom. The molecule has 1 unspecified atom stereocenters. The Labute approximate surface area is 120 Å². The third kappa shape index (κ3) is 4.61. The van der Waals surface area contributed by atoms with Gasteiger partial charge in [-0.3, -0.25) is 0 Å². The summed E-state index contributed by atoms with van der Waals surface area (Å²) in [6, 6.07) is 0.599. The Morgan fingerprint density at radius 2 is 1.79 bits per heavy atom. The van der Waals surface area contributed by atoms with Gasteiger partial charge in [0.1, 0.15) is 0 Å². The average Bonchev–Trinajstić information content (AvgIpc) is 2.60. The van der Waals surface area contributed by atoms with Crippen LogP contribution in [0.25, 0.3) is 0 Å². The van der Waals surface area contributed by atoms with Gasteiger partial charge in [0.25, 0.3) is 0 Å². The first-order chi connectivity index (χ1) is 9.03. The maximum Gasteiger partial charge on any atom is 0.0356 e. The molecule has 1 saturated carbocycles. The van der Waals surface area contributed by atoms with Crippen LogP contribution in [0.2, 0.25) is 0 Å². The molecule has 0 bridgehead atoms. The highest BCUT2D eigenvalue weighted by Gasteiger charge is 2.39. The van der Waals surface area contributed by atoms with E-state index in [9.17, 15) is 0 Å². The van der Waals surface area contributed by atoms with Crippen molar-refractivity contribution in [2.45, 2.75) is 76.8 Å². The second kappa shape index (κ2) is 8.06. The molecule has 0 aromatic heterocycles. The molecule has 1 N–H and O–H groups in total. The topological polar surface area (TPSA) is 15.3 Å². The van der Waals surface area contributed by atoms with Crippen LogP contribution in [0.3, 0.4) is 0 Å². The zero-order valence-electron chi connectivity index (χ0n) is 13.6. The van der Waals surface area contributed by atoms with Gasteiger partial charge >= 0.3 is 0 Å². The average molecular weight is 266 g/mol. The van der Waals surface area contributed by atoms with Crippen LogP contribution in [0.1, 0.15) is 65.2 Å². The van der Waals surface area contributed by atoms with Crippen molar-refractivity contribution in [2.24, 2.45) is 0 Å². The van der Waals surface area contributed by atoms with Crippen LogP contribution in [0.4, 0.5) is 0 Å². The molecule has 0 aliphatic heterocycles. The number of likely N-dealkylation sites (N-methyl/N-ethyl adjacent to an activating group) is 2. The van der Waals surface area contributed by atoms with Gasteiger partial charge in [-0.2, -0.15) is 0 Å². The lowest BCUT2D eigenvalue weighted by molar-refractivity contribution is 0.0771. The lowest BCUT2D eigenvalue weighted by atomic mass is 9.79. The first kappa shape index (κ1) is 16.7. The monoisotopic (exact) mass is 266 g/mol. The van der Waals surface area contributed by atoms with Crippen molar-refractivity contribution >= 4 is 0 Å². The zero-order chi connectivity index (χ0) is 14.3. The molecule has 0 aromatic rings. The first-order valence-corrected chi connectivity index (χ1v) is 8.08. The minimum Gasteiger partial charge on any atom is -0.312 e. The van der Waals surface area contributed by atoms with E-state index in [2.05, 4.69) is 44.7 Å². The van der Waals surface area contributed by atoms with Gasteiger partial charge in [0.2, 0.25) is 0 Å². The molecule has 1 atom stereocenters. The Balaban J connectivity index is 2.85. The summed E-state index contributed by atoms with van der Waals surface area (Å²) in [5.41, 5.74) is 1.66. The maximum absolute atomic E-state index is 4.08. The van der Waals surface area contributed by atoms with Crippen molar-refractivity contribution in [3.05, 3.63) is 12.2 Å². The molecule has 19 heavy (non-hydrogen) atoms. The summed E-state index contributed by atoms with van der Waals surface area (Å²) in [4.78, 5) is 2.50. The van der Waals surface area contributed by atoms with Gasteiger partial charge in [-0.15, -0.1) is 6.58 Å². The molecule has 1 aliphatic carbocycles. The molecule has 112 valence electrons. The summed E-state index contributed by atoms with van der Waals surface area (Å²) in [6.07, 6.45) is 10.6. The molecule has 2 heteroatoms. The highest BCUT2D eigenvalue weighted by atomic mass is 15.2. The van der Waals surface area contributed by atoms with Crippen LogP contribution in [0, 0.1) is 0 Å². The molecule has 0 amide bonds. The van der Waals surface area contributed by atoms with Crippen LogP contribution in [0.5, 0.6) is 0 Å². The molecule has 1 aliphatic rings. The van der Waals surface area contributed by atoms with Gasteiger partial charge in [0, 0.05) is 11.6 Å². The number of nitrogens with one attached hydrogen (secondary N) is 1. The highest BCUT2D eigenvalue weighted by molar-refractivity contribution is 5.01. The van der Waals surface area contributed by atoms with Crippen molar-refractivity contribution < 1.29 is 0 Å². The van der Waals surface area contributed by atoms with E-state index in [4.69, 9.17) is 0 Å². The van der Waals surface area contributed by atoms with Gasteiger partial charge in [-0.05, 0) is 53.2 Å². The molecule has 1 rings (SSSR count). The third-order valence-corrected chi connectivity index (χ3v) is 4.82. The van der Waals surface area contributed by atoms with Crippen LogP contribution < -0.4 is 5.32 Å². The van der Waals surface area contributed by atoms with Gasteiger partial charge in [-0.25, -0.2) is 0 Å². The largest absolute Gasteiger partial charge is 0.312 e. The van der Waals surface area contributed by atoms with Crippen molar-refractivity contribution in [3.8, 4) is 0 Å². The van der Waals surface area contributed by atoms with Gasteiger partial charge in [-0.1, -0.05) is 38.2 Å². The lowest BCUT2D eigenvalue weighted by Crippen LogP contribution is -2.58. The van der Waals surface area contributed by atoms with Crippen LogP contribution >= 0.6 is 0 Å². The van der Waals surface area contributed by atoms with Crippen LogP contribution in [-0.2, 0) is 0 Å². The summed E-state index contributed by atoms with van der Waals surface area (Å²) >= 11 is 0. The third-order valence-electron chi connectivity index (χ3n) is 4.82. The fourth-order valence-electron chi connectivity index (χ4n) is 3.65. The predicted molar refractivity (Wildman–Crippen MR) is 85.6 cm³/mol. The van der Waals surface area contributed by atoms with E-state index in [1.807, 2.05) is 0 Å². The van der Waals surface area contributed by atoms with E-state index in [1.54, 1.807) is 0 Å². The molecular weight excluding hydrogens is 232 g/mol. The van der Waals surface area contributed by atoms with Gasteiger partial charge < -0.3 is 10.2 Å². The normalized spacial score (nSPS) is 21.1. The molecule has 0 spiro atoms. The minimum absolute atomic E-state index is 0.349. The summed E-state index contributed by atoms with van der Waals surface area (Å²) in [5, 5.41) is 3.77. The van der Waals surface area contributed by atoms with Crippen molar-refractivity contribution in [2.75, 3.05) is 20.6 Å². The summed E-state index contributed by atoms with van der Waals surface area (Å²) in [7, 11) is 4.55. The van der Waals surface area contributed by atoms with Crippen LogP contribution in [-0.4, -0.2) is 37.1 Å². The second-order valence-electron chi connectivity index (χ2n) is 6.52. The summed E-state index contributed by atoms with van der Waals surface area (Å²) in [5.74, 6) is 0. The van der Waals surface area contributed by atoms with Crippen molar-refractivity contribution in [1.29, 1.82) is 0 Å². The Bertz CT molecular complexity index is 262. The van der Waals surface area contributed by atoms with E-state index >= 15 is 0 Å². The smallest absolute Gasteiger partial charge is 0.0356 e. The summed E-state index contributed by atoms with van der Waals surface area (Å²) < 4.78 is 0. The lowest BCUT2D eigenvalue weighted by Gasteiger charge is -2.46. The number of allylic oxidation sites excluding steroid dienone is 1. The molecule has 0 heterocycles. The number of rotatable bonds is 7. The second-order valence-corrected chi connectivity index (χ2v) is 6.52. The SMILES string of the molecule is C=C(C)CCC(NCC)C1(N(C)C)CCCCCC1. The first-order valence-electron chi connectivity index (χ1n) is 8.08. The number of nitrogens with zero attached hydrogens (tertiary/aromatic N) is 1. The van der Waals surface area contributed by atoms with Gasteiger partial charge in [0.15, 0.2) is 0 Å². The molecule has 0 saturated heterocycles. The van der Waals surface area contributed by atoms with E-state index in [-0.39, 0.29) is 0 Å². The van der Waals surface area contributed by atoms with E-state index in [0.29, 0.717) is 11.6 Å². The Kier molecular flexibility index (Phi) is 7.09. The maximum atomic E-state index is 4.08. The number of hydrogen-bond acceptors (Lipinski definition) is 2. The van der Waals surface area contributed by atoms with Crippen molar-refractivity contribution in [1.82, 2.24) is 10.2 Å². The van der Waals surface area contributed by atoms with Gasteiger partial charge in [0.05, 0.1) is 0 Å². The van der Waals surface area contributed by atoms with Crippen LogP contribution in [0.15, 0.2) is 12.2 Å². The quantitative estimate of drug-likeness (QED) is 0.554. The molecule has 1 fully saturated rings. The van der Waals surface area contributed by atoms with E-state index in [1.165, 1.54) is 50.5 Å². The number of hydrogen-bond donors (Lipinski definition) is 1. The van der Waals surface area contributed by atoms with Crippen molar-refractivity contribution in [3.63, 3.8) is 0 Å². The molecular formula is C17H34N2. The minimum atomic E-state index is 0.349. The fraction of sp³-hybridized carbons (Fsp3) is 0.882. The highest BCUT2D eigenvalue weighted by Crippen LogP contribution is 2.36. The summed E-state index contributed by atoms with van der Waals surface area (Å²) in [6.45, 7) is 9.52. The fourth-order valence-corrected chi connectivity index (χ4v) is 3.65. The van der Waals surface area contributed by atoms with E-state index < -0.39 is 0 Å². The zero-order valence-corrected chi connectivity index (χ0v) is 13.6. The molecule has 2 nitrogen and oxygen atoms in total. The standard InChI is InChI=1S/C17H34N2/c1-6-18-16(12-11-15(2)3)17(19(4)5)13-9-7-8-10-14-17/h16,18H,2,6-14H2,1,3-5H3. The molecule has 0 aromatic carbocycles.